The number of carbonyl (C=O) groups excluding carboxylic acids is 1. The quantitative estimate of drug-likeness (QED) is 0.794. The van der Waals surface area contributed by atoms with Crippen molar-refractivity contribution in [3.63, 3.8) is 0 Å². The number of morpholine rings is 1. The van der Waals surface area contributed by atoms with Crippen LogP contribution in [0.15, 0.2) is 24.3 Å². The van der Waals surface area contributed by atoms with Crippen molar-refractivity contribution in [1.29, 1.82) is 0 Å². The van der Waals surface area contributed by atoms with E-state index in [1.165, 1.54) is 0 Å². The maximum absolute atomic E-state index is 11.3. The third-order valence-electron chi connectivity index (χ3n) is 3.02. The van der Waals surface area contributed by atoms with Gasteiger partial charge in [-0.2, -0.15) is 0 Å². The summed E-state index contributed by atoms with van der Waals surface area (Å²) in [6.07, 6.45) is 0.0877. The normalized spacial score (nSPS) is 20.4. The molecule has 0 bridgehead atoms. The molecule has 17 heavy (non-hydrogen) atoms. The minimum atomic E-state index is 0.0877. The van der Waals surface area contributed by atoms with Gasteiger partial charge in [-0.1, -0.05) is 12.1 Å². The first-order valence-corrected chi connectivity index (χ1v) is 5.88. The summed E-state index contributed by atoms with van der Waals surface area (Å²) in [5, 5.41) is 0. The van der Waals surface area contributed by atoms with Crippen molar-refractivity contribution < 1.29 is 9.53 Å². The molecule has 0 saturated carbocycles. The van der Waals surface area contributed by atoms with Crippen LogP contribution in [0.4, 0.5) is 5.69 Å². The third-order valence-corrected chi connectivity index (χ3v) is 3.02. The number of hydrogen-bond acceptors (Lipinski definition) is 4. The largest absolute Gasteiger partial charge is 0.373 e. The van der Waals surface area contributed by atoms with E-state index in [1.807, 2.05) is 24.3 Å². The zero-order valence-corrected chi connectivity index (χ0v) is 10.1. The number of carbonyl (C=O) groups is 1. The summed E-state index contributed by atoms with van der Waals surface area (Å²) in [5.41, 5.74) is 7.43. The SMILES string of the molecule is CC(=O)c1cccc(N2CCOC(CN)C2)c1. The number of ketones is 1. The van der Waals surface area contributed by atoms with E-state index < -0.39 is 0 Å². The molecule has 0 amide bonds. The lowest BCUT2D eigenvalue weighted by molar-refractivity contribution is 0.0466. The number of ether oxygens (including phenoxy) is 1. The fraction of sp³-hybridized carbons (Fsp3) is 0.462. The van der Waals surface area contributed by atoms with Crippen LogP contribution < -0.4 is 10.6 Å². The van der Waals surface area contributed by atoms with E-state index in [9.17, 15) is 4.79 Å². The van der Waals surface area contributed by atoms with E-state index in [4.69, 9.17) is 10.5 Å². The van der Waals surface area contributed by atoms with E-state index in [1.54, 1.807) is 6.92 Å². The molecule has 1 saturated heterocycles. The zero-order valence-electron chi connectivity index (χ0n) is 10.1. The molecule has 1 atom stereocenters. The monoisotopic (exact) mass is 234 g/mol. The standard InChI is InChI=1S/C13H18N2O2/c1-10(16)11-3-2-4-12(7-11)15-5-6-17-13(8-14)9-15/h2-4,7,13H,5-6,8-9,14H2,1H3. The molecule has 2 N–H and O–H groups in total. The van der Waals surface area contributed by atoms with Gasteiger partial charge in [-0.25, -0.2) is 0 Å². The van der Waals surface area contributed by atoms with Gasteiger partial charge in [0, 0.05) is 30.9 Å². The maximum atomic E-state index is 11.3. The highest BCUT2D eigenvalue weighted by molar-refractivity contribution is 5.94. The van der Waals surface area contributed by atoms with Crippen molar-refractivity contribution >= 4 is 11.5 Å². The Balaban J connectivity index is 2.16. The summed E-state index contributed by atoms with van der Waals surface area (Å²) in [4.78, 5) is 13.6. The predicted octanol–water partition coefficient (Wildman–Crippen LogP) is 1.05. The molecule has 1 aliphatic heterocycles. The molecule has 0 aliphatic carbocycles. The van der Waals surface area contributed by atoms with Gasteiger partial charge in [-0.3, -0.25) is 4.79 Å². The molecule has 4 nitrogen and oxygen atoms in total. The summed E-state index contributed by atoms with van der Waals surface area (Å²) in [6.45, 7) is 4.44. The van der Waals surface area contributed by atoms with Crippen LogP contribution >= 0.6 is 0 Å². The van der Waals surface area contributed by atoms with E-state index >= 15 is 0 Å². The van der Waals surface area contributed by atoms with Gasteiger partial charge < -0.3 is 15.4 Å². The zero-order chi connectivity index (χ0) is 12.3. The van der Waals surface area contributed by atoms with E-state index in [0.29, 0.717) is 13.2 Å². The first-order valence-electron chi connectivity index (χ1n) is 5.88. The summed E-state index contributed by atoms with van der Waals surface area (Å²) < 4.78 is 5.52. The molecule has 1 heterocycles. The lowest BCUT2D eigenvalue weighted by Crippen LogP contribution is -2.45. The van der Waals surface area contributed by atoms with Gasteiger partial charge in [0.1, 0.15) is 0 Å². The van der Waals surface area contributed by atoms with Crippen LogP contribution in [-0.2, 0) is 4.74 Å². The summed E-state index contributed by atoms with van der Waals surface area (Å²) in [6, 6.07) is 7.71. The molecule has 0 radical (unpaired) electrons. The topological polar surface area (TPSA) is 55.6 Å². The number of nitrogens with two attached hydrogens (primary N) is 1. The van der Waals surface area contributed by atoms with Gasteiger partial charge in [-0.05, 0) is 19.1 Å². The molecular weight excluding hydrogens is 216 g/mol. The predicted molar refractivity (Wildman–Crippen MR) is 67.5 cm³/mol. The molecule has 1 unspecified atom stereocenters. The number of hydrogen-bond donors (Lipinski definition) is 1. The highest BCUT2D eigenvalue weighted by atomic mass is 16.5. The van der Waals surface area contributed by atoms with Crippen LogP contribution in [0, 0.1) is 0 Å². The van der Waals surface area contributed by atoms with Crippen molar-refractivity contribution in [3.8, 4) is 0 Å². The van der Waals surface area contributed by atoms with Gasteiger partial charge in [0.15, 0.2) is 5.78 Å². The molecular formula is C13H18N2O2. The Labute approximate surface area is 101 Å². The first kappa shape index (κ1) is 12.1. The summed E-state index contributed by atoms with van der Waals surface area (Å²) >= 11 is 0. The van der Waals surface area contributed by atoms with Crippen LogP contribution in [0.2, 0.25) is 0 Å². The number of Topliss-reactive ketones (excluding diaryl/α,β-unsaturated/α-hetero) is 1. The highest BCUT2D eigenvalue weighted by Crippen LogP contribution is 2.19. The van der Waals surface area contributed by atoms with Gasteiger partial charge in [0.25, 0.3) is 0 Å². The molecule has 1 aromatic rings. The molecule has 1 fully saturated rings. The van der Waals surface area contributed by atoms with Crippen molar-refractivity contribution in [2.24, 2.45) is 5.73 Å². The highest BCUT2D eigenvalue weighted by Gasteiger charge is 2.19. The molecule has 1 aromatic carbocycles. The van der Waals surface area contributed by atoms with E-state index in [-0.39, 0.29) is 11.9 Å². The molecule has 0 aromatic heterocycles. The molecule has 1 aliphatic rings. The van der Waals surface area contributed by atoms with Crippen molar-refractivity contribution in [2.75, 3.05) is 31.1 Å². The number of rotatable bonds is 3. The lowest BCUT2D eigenvalue weighted by Gasteiger charge is -2.34. The second-order valence-electron chi connectivity index (χ2n) is 4.28. The fourth-order valence-corrected chi connectivity index (χ4v) is 2.02. The van der Waals surface area contributed by atoms with Crippen LogP contribution in [0.5, 0.6) is 0 Å². The Bertz CT molecular complexity index is 406. The van der Waals surface area contributed by atoms with Crippen LogP contribution in [0.25, 0.3) is 0 Å². The molecule has 4 heteroatoms. The smallest absolute Gasteiger partial charge is 0.159 e. The Morgan fingerprint density at radius 3 is 3.12 bits per heavy atom. The number of benzene rings is 1. The fourth-order valence-electron chi connectivity index (χ4n) is 2.02. The van der Waals surface area contributed by atoms with Crippen LogP contribution in [0.1, 0.15) is 17.3 Å². The summed E-state index contributed by atoms with van der Waals surface area (Å²) in [7, 11) is 0. The second kappa shape index (κ2) is 5.29. The Morgan fingerprint density at radius 1 is 1.59 bits per heavy atom. The minimum absolute atomic E-state index is 0.0877. The molecule has 2 rings (SSSR count). The first-order chi connectivity index (χ1) is 8.20. The van der Waals surface area contributed by atoms with Crippen molar-refractivity contribution in [3.05, 3.63) is 29.8 Å². The summed E-state index contributed by atoms with van der Waals surface area (Å²) in [5.74, 6) is 0.0930. The van der Waals surface area contributed by atoms with Gasteiger partial charge in [-0.15, -0.1) is 0 Å². The Morgan fingerprint density at radius 2 is 2.41 bits per heavy atom. The lowest BCUT2D eigenvalue weighted by atomic mass is 10.1. The van der Waals surface area contributed by atoms with Gasteiger partial charge >= 0.3 is 0 Å². The number of anilines is 1. The van der Waals surface area contributed by atoms with Gasteiger partial charge in [0.2, 0.25) is 0 Å². The Kier molecular flexibility index (Phi) is 3.76. The average Bonchev–Trinajstić information content (AvgIpc) is 2.39. The molecule has 0 spiro atoms. The maximum Gasteiger partial charge on any atom is 0.159 e. The van der Waals surface area contributed by atoms with Crippen LogP contribution in [0.3, 0.4) is 0 Å². The molecule has 92 valence electrons. The van der Waals surface area contributed by atoms with E-state index in [2.05, 4.69) is 4.90 Å². The minimum Gasteiger partial charge on any atom is -0.373 e. The number of nitrogens with zero attached hydrogens (tertiary/aromatic N) is 1. The van der Waals surface area contributed by atoms with Gasteiger partial charge in [0.05, 0.1) is 12.7 Å². The Hall–Kier alpha value is -1.39. The van der Waals surface area contributed by atoms with Crippen LogP contribution in [-0.4, -0.2) is 38.1 Å². The average molecular weight is 234 g/mol. The van der Waals surface area contributed by atoms with Crippen molar-refractivity contribution in [1.82, 2.24) is 0 Å². The third kappa shape index (κ3) is 2.84. The van der Waals surface area contributed by atoms with E-state index in [0.717, 1.165) is 24.3 Å². The second-order valence-corrected chi connectivity index (χ2v) is 4.28. The van der Waals surface area contributed by atoms with Crippen molar-refractivity contribution in [2.45, 2.75) is 13.0 Å².